The van der Waals surface area contributed by atoms with E-state index in [-0.39, 0.29) is 30.1 Å². The van der Waals surface area contributed by atoms with Gasteiger partial charge in [-0.1, -0.05) is 0 Å². The molecule has 1 saturated heterocycles. The molecule has 22 heavy (non-hydrogen) atoms. The summed E-state index contributed by atoms with van der Waals surface area (Å²) < 4.78 is 0. The second kappa shape index (κ2) is 7.29. The molecule has 0 saturated carbocycles. The lowest BCUT2D eigenvalue weighted by Gasteiger charge is -2.33. The largest absolute Gasteiger partial charge is 0.354 e. The highest BCUT2D eigenvalue weighted by Crippen LogP contribution is 2.24. The van der Waals surface area contributed by atoms with E-state index < -0.39 is 0 Å². The van der Waals surface area contributed by atoms with E-state index in [9.17, 15) is 9.59 Å². The number of carbonyl (C=O) groups is 2. The van der Waals surface area contributed by atoms with Crippen molar-refractivity contribution >= 4 is 24.1 Å². The van der Waals surface area contributed by atoms with Gasteiger partial charge in [-0.2, -0.15) is 0 Å². The van der Waals surface area contributed by atoms with Crippen LogP contribution in [0, 0.1) is 19.8 Å². The summed E-state index contributed by atoms with van der Waals surface area (Å²) in [6, 6.07) is 0.182. The number of nitrogens with two attached hydrogens (primary N) is 1. The van der Waals surface area contributed by atoms with E-state index in [1.165, 1.54) is 6.92 Å². The quantitative estimate of drug-likeness (QED) is 0.837. The van der Waals surface area contributed by atoms with Gasteiger partial charge in [-0.25, -0.2) is 0 Å². The Bertz CT molecular complexity index is 558. The number of halogens is 1. The average molecular weight is 328 g/mol. The van der Waals surface area contributed by atoms with Gasteiger partial charge in [0.2, 0.25) is 0 Å². The van der Waals surface area contributed by atoms with Gasteiger partial charge in [0.1, 0.15) is 5.69 Å². The van der Waals surface area contributed by atoms with Gasteiger partial charge in [-0.3, -0.25) is 9.59 Å². The van der Waals surface area contributed by atoms with Gasteiger partial charge in [-0.05, 0) is 52.0 Å². The molecule has 1 aromatic rings. The van der Waals surface area contributed by atoms with E-state index in [0.717, 1.165) is 37.2 Å². The Hall–Kier alpha value is -1.33. The van der Waals surface area contributed by atoms with E-state index in [1.54, 1.807) is 0 Å². The van der Waals surface area contributed by atoms with Crippen molar-refractivity contribution in [3.8, 4) is 0 Å². The van der Waals surface area contributed by atoms with Crippen LogP contribution in [-0.2, 0) is 0 Å². The number of piperidine rings is 1. The first-order valence-corrected chi connectivity index (χ1v) is 7.57. The van der Waals surface area contributed by atoms with Gasteiger partial charge >= 0.3 is 0 Å². The van der Waals surface area contributed by atoms with Crippen LogP contribution in [0.1, 0.15) is 58.8 Å². The molecule has 1 unspecified atom stereocenters. The first-order chi connectivity index (χ1) is 9.82. The summed E-state index contributed by atoms with van der Waals surface area (Å²) in [6.07, 6.45) is 1.89. The number of Topliss-reactive ketones (excluding diaryl/α,β-unsaturated/α-hetero) is 1. The highest BCUT2D eigenvalue weighted by Gasteiger charge is 2.28. The number of rotatable bonds is 3. The molecule has 1 fully saturated rings. The molecule has 2 rings (SSSR count). The van der Waals surface area contributed by atoms with Crippen LogP contribution >= 0.6 is 12.4 Å². The molecule has 0 radical (unpaired) electrons. The molecule has 0 aromatic carbocycles. The number of ketones is 1. The Labute approximate surface area is 138 Å². The van der Waals surface area contributed by atoms with Crippen molar-refractivity contribution in [3.05, 3.63) is 22.5 Å². The molecule has 1 aliphatic rings. The molecule has 5 nitrogen and oxygen atoms in total. The number of amides is 1. The Morgan fingerprint density at radius 2 is 1.82 bits per heavy atom. The summed E-state index contributed by atoms with van der Waals surface area (Å²) in [4.78, 5) is 29.2. The lowest BCUT2D eigenvalue weighted by Crippen LogP contribution is -2.42. The monoisotopic (exact) mass is 327 g/mol. The third-order valence-corrected chi connectivity index (χ3v) is 4.57. The van der Waals surface area contributed by atoms with Crippen molar-refractivity contribution in [1.29, 1.82) is 0 Å². The molecule has 1 aliphatic heterocycles. The van der Waals surface area contributed by atoms with Crippen molar-refractivity contribution in [1.82, 2.24) is 9.88 Å². The van der Waals surface area contributed by atoms with Crippen LogP contribution in [0.4, 0.5) is 0 Å². The summed E-state index contributed by atoms with van der Waals surface area (Å²) in [6.45, 7) is 8.70. The summed E-state index contributed by atoms with van der Waals surface area (Å²) in [7, 11) is 0. The maximum atomic E-state index is 12.6. The van der Waals surface area contributed by atoms with Crippen molar-refractivity contribution < 1.29 is 9.59 Å². The highest BCUT2D eigenvalue weighted by atomic mass is 35.5. The van der Waals surface area contributed by atoms with Crippen LogP contribution in [0.5, 0.6) is 0 Å². The number of likely N-dealkylation sites (tertiary alicyclic amines) is 1. The minimum Gasteiger partial charge on any atom is -0.354 e. The van der Waals surface area contributed by atoms with Crippen molar-refractivity contribution in [3.63, 3.8) is 0 Å². The minimum atomic E-state index is -0.00813. The third kappa shape index (κ3) is 3.52. The topological polar surface area (TPSA) is 79.2 Å². The maximum Gasteiger partial charge on any atom is 0.270 e. The standard InChI is InChI=1S/C16H25N3O2.ClH/c1-9-14(12(4)20)11(3)18-15(9)16(21)19-7-5-13(6-8-19)10(2)17;/h10,13,18H,5-8,17H2,1-4H3;1H. The molecule has 1 atom stereocenters. The molecular weight excluding hydrogens is 302 g/mol. The van der Waals surface area contributed by atoms with Crippen LogP contribution in [-0.4, -0.2) is 40.7 Å². The fourth-order valence-electron chi connectivity index (χ4n) is 3.28. The number of H-pyrrole nitrogens is 1. The Morgan fingerprint density at radius 1 is 1.27 bits per heavy atom. The van der Waals surface area contributed by atoms with Gasteiger partial charge < -0.3 is 15.6 Å². The van der Waals surface area contributed by atoms with E-state index in [4.69, 9.17) is 5.73 Å². The highest BCUT2D eigenvalue weighted by molar-refractivity contribution is 6.02. The number of aromatic nitrogens is 1. The van der Waals surface area contributed by atoms with Crippen molar-refractivity contribution in [2.45, 2.75) is 46.6 Å². The molecule has 3 N–H and O–H groups in total. The maximum absolute atomic E-state index is 12.6. The smallest absolute Gasteiger partial charge is 0.270 e. The first kappa shape index (κ1) is 18.7. The number of aryl methyl sites for hydroxylation is 1. The summed E-state index contributed by atoms with van der Waals surface area (Å²) >= 11 is 0. The van der Waals surface area contributed by atoms with Gasteiger partial charge in [0, 0.05) is 30.4 Å². The van der Waals surface area contributed by atoms with Crippen LogP contribution < -0.4 is 5.73 Å². The number of nitrogens with one attached hydrogen (secondary N) is 1. The zero-order valence-electron chi connectivity index (χ0n) is 13.7. The van der Waals surface area contributed by atoms with Gasteiger partial charge in [-0.15, -0.1) is 12.4 Å². The van der Waals surface area contributed by atoms with Gasteiger partial charge in [0.25, 0.3) is 5.91 Å². The summed E-state index contributed by atoms with van der Waals surface area (Å²) in [5, 5.41) is 0. The number of aromatic amines is 1. The SMILES string of the molecule is CC(=O)c1c(C)[nH]c(C(=O)N2CCC(C(C)N)CC2)c1C.Cl. The molecule has 6 heteroatoms. The molecule has 124 valence electrons. The number of nitrogens with zero attached hydrogens (tertiary/aromatic N) is 1. The predicted molar refractivity (Wildman–Crippen MR) is 89.8 cm³/mol. The second-order valence-electron chi connectivity index (χ2n) is 6.17. The number of hydrogen-bond donors (Lipinski definition) is 2. The molecular formula is C16H26ClN3O2. The lowest BCUT2D eigenvalue weighted by atomic mass is 9.91. The molecule has 0 spiro atoms. The van der Waals surface area contributed by atoms with E-state index in [0.29, 0.717) is 17.2 Å². The Balaban J connectivity index is 0.00000242. The molecule has 0 bridgehead atoms. The van der Waals surface area contributed by atoms with Crippen LogP contribution in [0.15, 0.2) is 0 Å². The molecule has 1 aromatic heterocycles. The summed E-state index contributed by atoms with van der Waals surface area (Å²) in [5.41, 5.74) is 8.66. The normalized spacial score (nSPS) is 17.0. The van der Waals surface area contributed by atoms with Crippen LogP contribution in [0.3, 0.4) is 0 Å². The van der Waals surface area contributed by atoms with E-state index in [1.807, 2.05) is 25.7 Å². The third-order valence-electron chi connectivity index (χ3n) is 4.57. The second-order valence-corrected chi connectivity index (χ2v) is 6.17. The zero-order chi connectivity index (χ0) is 15.7. The summed E-state index contributed by atoms with van der Waals surface area (Å²) in [5.74, 6) is 0.482. The van der Waals surface area contributed by atoms with E-state index >= 15 is 0 Å². The predicted octanol–water partition coefficient (Wildman–Crippen LogP) is 2.46. The van der Waals surface area contributed by atoms with Gasteiger partial charge in [0.15, 0.2) is 5.78 Å². The fourth-order valence-corrected chi connectivity index (χ4v) is 3.28. The van der Waals surface area contributed by atoms with Crippen LogP contribution in [0.25, 0.3) is 0 Å². The van der Waals surface area contributed by atoms with Crippen molar-refractivity contribution in [2.24, 2.45) is 11.7 Å². The molecule has 2 heterocycles. The average Bonchev–Trinajstić information content (AvgIpc) is 2.73. The Kier molecular flexibility index (Phi) is 6.20. The van der Waals surface area contributed by atoms with E-state index in [2.05, 4.69) is 4.98 Å². The molecule has 0 aliphatic carbocycles. The first-order valence-electron chi connectivity index (χ1n) is 7.57. The lowest BCUT2D eigenvalue weighted by molar-refractivity contribution is 0.0675. The Morgan fingerprint density at radius 3 is 2.23 bits per heavy atom. The van der Waals surface area contributed by atoms with Crippen LogP contribution in [0.2, 0.25) is 0 Å². The van der Waals surface area contributed by atoms with Gasteiger partial charge in [0.05, 0.1) is 0 Å². The van der Waals surface area contributed by atoms with Crippen molar-refractivity contribution in [2.75, 3.05) is 13.1 Å². The number of carbonyl (C=O) groups excluding carboxylic acids is 2. The number of hydrogen-bond acceptors (Lipinski definition) is 3. The minimum absolute atomic E-state index is 0. The fraction of sp³-hybridized carbons (Fsp3) is 0.625. The molecule has 1 amide bonds. The zero-order valence-corrected chi connectivity index (χ0v) is 14.5.